The first kappa shape index (κ1) is 15.7. The van der Waals surface area contributed by atoms with Gasteiger partial charge in [-0.15, -0.1) is 0 Å². The van der Waals surface area contributed by atoms with Gasteiger partial charge in [-0.2, -0.15) is 0 Å². The first-order chi connectivity index (χ1) is 8.78. The van der Waals surface area contributed by atoms with Crippen LogP contribution in [-0.2, 0) is 4.79 Å². The Kier molecular flexibility index (Phi) is 5.55. The van der Waals surface area contributed by atoms with Crippen molar-refractivity contribution in [2.45, 2.75) is 52.6 Å². The van der Waals surface area contributed by atoms with Gasteiger partial charge in [0.1, 0.15) is 0 Å². The largest absolute Gasteiger partial charge is 0.350 e. The van der Waals surface area contributed by atoms with E-state index in [1.165, 1.54) is 5.56 Å². The Morgan fingerprint density at radius 3 is 2.58 bits per heavy atom. The van der Waals surface area contributed by atoms with Crippen LogP contribution >= 0.6 is 0 Å². The number of carbonyl (C=O) groups is 1. The number of benzene rings is 1. The van der Waals surface area contributed by atoms with E-state index in [4.69, 9.17) is 0 Å². The maximum atomic E-state index is 11.8. The van der Waals surface area contributed by atoms with Crippen molar-refractivity contribution in [2.75, 3.05) is 6.54 Å². The normalized spacial score (nSPS) is 13.1. The fourth-order valence-corrected chi connectivity index (χ4v) is 1.89. The molecule has 1 aromatic carbocycles. The minimum absolute atomic E-state index is 0.0574. The molecule has 0 fully saturated rings. The van der Waals surface area contributed by atoms with Crippen LogP contribution in [0.25, 0.3) is 0 Å². The highest BCUT2D eigenvalue weighted by atomic mass is 16.1. The summed E-state index contributed by atoms with van der Waals surface area (Å²) in [5, 5.41) is 6.34. The van der Waals surface area contributed by atoms with Gasteiger partial charge in [-0.1, -0.05) is 29.8 Å². The van der Waals surface area contributed by atoms with E-state index in [0.717, 1.165) is 5.56 Å². The molecular weight excluding hydrogens is 236 g/mol. The van der Waals surface area contributed by atoms with Crippen LogP contribution in [0.1, 0.15) is 51.3 Å². The van der Waals surface area contributed by atoms with Crippen LogP contribution in [0.15, 0.2) is 24.3 Å². The number of amides is 1. The number of hydrogen-bond acceptors (Lipinski definition) is 2. The molecule has 19 heavy (non-hydrogen) atoms. The van der Waals surface area contributed by atoms with Crippen molar-refractivity contribution in [3.8, 4) is 0 Å². The molecule has 0 bridgehead atoms. The van der Waals surface area contributed by atoms with Crippen molar-refractivity contribution >= 4 is 5.91 Å². The lowest BCUT2D eigenvalue weighted by Gasteiger charge is -2.21. The summed E-state index contributed by atoms with van der Waals surface area (Å²) in [5.41, 5.74) is 2.42. The maximum Gasteiger partial charge on any atom is 0.221 e. The lowest BCUT2D eigenvalue weighted by atomic mass is 10.1. The van der Waals surface area contributed by atoms with Crippen molar-refractivity contribution in [1.29, 1.82) is 0 Å². The lowest BCUT2D eigenvalue weighted by molar-refractivity contribution is -0.121. The molecule has 0 spiro atoms. The van der Waals surface area contributed by atoms with Gasteiger partial charge in [-0.05, 0) is 40.2 Å². The highest BCUT2D eigenvalue weighted by molar-refractivity contribution is 5.76. The van der Waals surface area contributed by atoms with E-state index in [1.54, 1.807) is 0 Å². The maximum absolute atomic E-state index is 11.8. The third-order valence-corrected chi connectivity index (χ3v) is 2.93. The molecule has 0 saturated heterocycles. The summed E-state index contributed by atoms with van der Waals surface area (Å²) in [6.07, 6.45) is 0.507. The van der Waals surface area contributed by atoms with Crippen LogP contribution in [0.4, 0.5) is 0 Å². The summed E-state index contributed by atoms with van der Waals surface area (Å²) < 4.78 is 0. The third kappa shape index (κ3) is 6.39. The smallest absolute Gasteiger partial charge is 0.221 e. The molecule has 0 saturated carbocycles. The van der Waals surface area contributed by atoms with E-state index in [2.05, 4.69) is 50.5 Å². The molecule has 2 N–H and O–H groups in total. The average Bonchev–Trinajstić information content (AvgIpc) is 2.27. The average molecular weight is 262 g/mol. The molecular formula is C16H26N2O. The molecule has 0 unspecified atom stereocenters. The molecule has 0 aliphatic rings. The summed E-state index contributed by atoms with van der Waals surface area (Å²) >= 11 is 0. The zero-order chi connectivity index (χ0) is 14.5. The number of hydrogen-bond donors (Lipinski definition) is 2. The second kappa shape index (κ2) is 6.71. The van der Waals surface area contributed by atoms with Gasteiger partial charge in [-0.3, -0.25) is 4.79 Å². The SMILES string of the molecule is Cc1cccc([C@@H](C)NC(=O)CCNC(C)(C)C)c1. The van der Waals surface area contributed by atoms with Crippen LogP contribution in [-0.4, -0.2) is 18.0 Å². The fraction of sp³-hybridized carbons (Fsp3) is 0.562. The third-order valence-electron chi connectivity index (χ3n) is 2.93. The minimum atomic E-state index is 0.0574. The number of rotatable bonds is 5. The van der Waals surface area contributed by atoms with E-state index in [0.29, 0.717) is 13.0 Å². The minimum Gasteiger partial charge on any atom is -0.350 e. The molecule has 0 heterocycles. The quantitative estimate of drug-likeness (QED) is 0.856. The predicted octanol–water partition coefficient (Wildman–Crippen LogP) is 2.95. The van der Waals surface area contributed by atoms with E-state index in [-0.39, 0.29) is 17.5 Å². The Bertz CT molecular complexity index is 421. The first-order valence-corrected chi connectivity index (χ1v) is 6.89. The Morgan fingerprint density at radius 1 is 1.32 bits per heavy atom. The number of carbonyl (C=O) groups excluding carboxylic acids is 1. The van der Waals surface area contributed by atoms with Crippen LogP contribution < -0.4 is 10.6 Å². The fourth-order valence-electron chi connectivity index (χ4n) is 1.89. The molecule has 0 radical (unpaired) electrons. The molecule has 1 aromatic rings. The van der Waals surface area contributed by atoms with Gasteiger partial charge in [0, 0.05) is 18.5 Å². The molecule has 106 valence electrons. The van der Waals surface area contributed by atoms with Gasteiger partial charge in [0.15, 0.2) is 0 Å². The second-order valence-electron chi connectivity index (χ2n) is 6.13. The standard InChI is InChI=1S/C16H26N2O/c1-12-7-6-8-14(11-12)13(2)18-15(19)9-10-17-16(3,4)5/h6-8,11,13,17H,9-10H2,1-5H3,(H,18,19)/t13-/m1/s1. The van der Waals surface area contributed by atoms with Crippen LogP contribution in [0.2, 0.25) is 0 Å². The molecule has 1 amide bonds. The summed E-state index contributed by atoms with van der Waals surface area (Å²) in [7, 11) is 0. The van der Waals surface area contributed by atoms with Crippen LogP contribution in [0, 0.1) is 6.92 Å². The van der Waals surface area contributed by atoms with Gasteiger partial charge in [0.25, 0.3) is 0 Å². The highest BCUT2D eigenvalue weighted by Crippen LogP contribution is 2.13. The molecule has 3 heteroatoms. The summed E-state index contributed by atoms with van der Waals surface area (Å²) in [6, 6.07) is 8.30. The van der Waals surface area contributed by atoms with Crippen LogP contribution in [0.3, 0.4) is 0 Å². The monoisotopic (exact) mass is 262 g/mol. The Morgan fingerprint density at radius 2 is 2.00 bits per heavy atom. The van der Waals surface area contributed by atoms with Gasteiger partial charge >= 0.3 is 0 Å². The van der Waals surface area contributed by atoms with Gasteiger partial charge in [0.2, 0.25) is 5.91 Å². The van der Waals surface area contributed by atoms with Gasteiger partial charge in [0.05, 0.1) is 6.04 Å². The van der Waals surface area contributed by atoms with Gasteiger partial charge < -0.3 is 10.6 Å². The lowest BCUT2D eigenvalue weighted by Crippen LogP contribution is -2.38. The van der Waals surface area contributed by atoms with Crippen molar-refractivity contribution in [3.05, 3.63) is 35.4 Å². The summed E-state index contributed by atoms with van der Waals surface area (Å²) in [4.78, 5) is 11.8. The van der Waals surface area contributed by atoms with Crippen molar-refractivity contribution in [2.24, 2.45) is 0 Å². The Balaban J connectivity index is 2.40. The molecule has 1 atom stereocenters. The molecule has 1 rings (SSSR count). The van der Waals surface area contributed by atoms with E-state index < -0.39 is 0 Å². The number of aryl methyl sites for hydroxylation is 1. The first-order valence-electron chi connectivity index (χ1n) is 6.89. The predicted molar refractivity (Wildman–Crippen MR) is 80.1 cm³/mol. The van der Waals surface area contributed by atoms with E-state index >= 15 is 0 Å². The highest BCUT2D eigenvalue weighted by Gasteiger charge is 2.12. The summed E-state index contributed by atoms with van der Waals surface area (Å²) in [6.45, 7) is 11.1. The second-order valence-corrected chi connectivity index (χ2v) is 6.13. The number of nitrogens with one attached hydrogen (secondary N) is 2. The molecule has 0 aromatic heterocycles. The topological polar surface area (TPSA) is 41.1 Å². The Labute approximate surface area is 116 Å². The molecule has 0 aliphatic heterocycles. The van der Waals surface area contributed by atoms with Crippen molar-refractivity contribution < 1.29 is 4.79 Å². The van der Waals surface area contributed by atoms with Crippen LogP contribution in [0.5, 0.6) is 0 Å². The zero-order valence-corrected chi connectivity index (χ0v) is 12.7. The zero-order valence-electron chi connectivity index (χ0n) is 12.7. The Hall–Kier alpha value is -1.35. The van der Waals surface area contributed by atoms with Crippen molar-refractivity contribution in [1.82, 2.24) is 10.6 Å². The van der Waals surface area contributed by atoms with E-state index in [9.17, 15) is 4.79 Å². The van der Waals surface area contributed by atoms with E-state index in [1.807, 2.05) is 19.1 Å². The molecule has 3 nitrogen and oxygen atoms in total. The van der Waals surface area contributed by atoms with Gasteiger partial charge in [-0.25, -0.2) is 0 Å². The molecule has 0 aliphatic carbocycles. The summed E-state index contributed by atoms with van der Waals surface area (Å²) in [5.74, 6) is 0.0887. The van der Waals surface area contributed by atoms with Crippen molar-refractivity contribution in [3.63, 3.8) is 0 Å².